The first kappa shape index (κ1) is 27.3. The standard InChI is InChI=1S/C26H34N2O8S/c1-18(29)35-24-17-25(3,36-19(2)30)16-21-8-7-20-6-4-14-27(15-5-13-26(20,21)24)37(33,34)23-11-9-22(10-12-23)28(31)32/h7,9-12,21,24H,4-6,8,13-17H2,1-3H3/t21-,24+,25+,26-/m1/s1. The highest BCUT2D eigenvalue weighted by atomic mass is 32.2. The van der Waals surface area contributed by atoms with E-state index in [-0.39, 0.29) is 29.0 Å². The molecule has 1 aromatic carbocycles. The molecule has 0 radical (unpaired) electrons. The fraction of sp³-hybridized carbons (Fsp3) is 0.615. The van der Waals surface area contributed by atoms with Gasteiger partial charge in [-0.15, -0.1) is 0 Å². The molecule has 0 unspecified atom stereocenters. The van der Waals surface area contributed by atoms with Crippen LogP contribution in [0.5, 0.6) is 0 Å². The summed E-state index contributed by atoms with van der Waals surface area (Å²) in [5.41, 5.74) is -0.126. The molecule has 1 spiro atoms. The van der Waals surface area contributed by atoms with Gasteiger partial charge in [0, 0.05) is 50.9 Å². The predicted molar refractivity (Wildman–Crippen MR) is 134 cm³/mol. The number of non-ortho nitro benzene ring substituents is 1. The molecule has 0 amide bonds. The Hall–Kier alpha value is -2.79. The molecular formula is C26H34N2O8S. The van der Waals surface area contributed by atoms with E-state index < -0.39 is 38.0 Å². The minimum Gasteiger partial charge on any atom is -0.461 e. The normalized spacial score (nSPS) is 30.5. The van der Waals surface area contributed by atoms with Gasteiger partial charge in [0.15, 0.2) is 0 Å². The number of sulfonamides is 1. The van der Waals surface area contributed by atoms with Crippen molar-refractivity contribution in [1.82, 2.24) is 4.31 Å². The first-order valence-electron chi connectivity index (χ1n) is 12.7. The number of esters is 2. The lowest BCUT2D eigenvalue weighted by molar-refractivity contribution is -0.384. The molecule has 1 heterocycles. The van der Waals surface area contributed by atoms with E-state index in [0.717, 1.165) is 6.42 Å². The van der Waals surface area contributed by atoms with Gasteiger partial charge in [0.1, 0.15) is 11.7 Å². The number of nitro benzene ring substituents is 1. The Kier molecular flexibility index (Phi) is 7.49. The number of nitrogens with zero attached hydrogens (tertiary/aromatic N) is 2. The monoisotopic (exact) mass is 534 g/mol. The first-order valence-corrected chi connectivity index (χ1v) is 14.1. The maximum Gasteiger partial charge on any atom is 0.303 e. The van der Waals surface area contributed by atoms with Crippen molar-refractivity contribution in [2.45, 2.75) is 82.3 Å². The van der Waals surface area contributed by atoms with Gasteiger partial charge in [-0.05, 0) is 63.5 Å². The van der Waals surface area contributed by atoms with Crippen molar-refractivity contribution in [3.63, 3.8) is 0 Å². The SMILES string of the molecule is CC(=O)O[C@H]1C[C@@](C)(OC(C)=O)C[C@H]2CC=C3CCCN(S(=O)(=O)c4ccc([N+](=O)[O-])cc4)CCC[C@@]321. The molecule has 4 atom stereocenters. The quantitative estimate of drug-likeness (QED) is 0.238. The first-order chi connectivity index (χ1) is 17.4. The van der Waals surface area contributed by atoms with Crippen LogP contribution >= 0.6 is 0 Å². The highest BCUT2D eigenvalue weighted by Crippen LogP contribution is 2.60. The zero-order valence-electron chi connectivity index (χ0n) is 21.5. The molecule has 1 aromatic rings. The predicted octanol–water partition coefficient (Wildman–Crippen LogP) is 4.14. The summed E-state index contributed by atoms with van der Waals surface area (Å²) in [6, 6.07) is 4.96. The topological polar surface area (TPSA) is 133 Å². The Morgan fingerprint density at radius 2 is 1.76 bits per heavy atom. The van der Waals surface area contributed by atoms with E-state index in [1.165, 1.54) is 48.0 Å². The van der Waals surface area contributed by atoms with Crippen molar-refractivity contribution in [3.8, 4) is 0 Å². The number of carbonyl (C=O) groups excluding carboxylic acids is 2. The second kappa shape index (κ2) is 10.2. The van der Waals surface area contributed by atoms with Gasteiger partial charge in [0.2, 0.25) is 10.0 Å². The molecular weight excluding hydrogens is 500 g/mol. The molecule has 0 bridgehead atoms. The van der Waals surface area contributed by atoms with E-state index >= 15 is 0 Å². The van der Waals surface area contributed by atoms with Crippen molar-refractivity contribution in [1.29, 1.82) is 0 Å². The van der Waals surface area contributed by atoms with Crippen LogP contribution in [0.25, 0.3) is 0 Å². The van der Waals surface area contributed by atoms with E-state index in [1.807, 2.05) is 6.92 Å². The third-order valence-electron chi connectivity index (χ3n) is 8.08. The summed E-state index contributed by atoms with van der Waals surface area (Å²) >= 11 is 0. The summed E-state index contributed by atoms with van der Waals surface area (Å²) in [6.45, 7) is 5.27. The van der Waals surface area contributed by atoms with Crippen LogP contribution in [0.1, 0.15) is 65.7 Å². The van der Waals surface area contributed by atoms with E-state index in [4.69, 9.17) is 9.47 Å². The lowest BCUT2D eigenvalue weighted by Gasteiger charge is -2.52. The van der Waals surface area contributed by atoms with Crippen molar-refractivity contribution in [2.24, 2.45) is 11.3 Å². The molecule has 37 heavy (non-hydrogen) atoms. The molecule has 1 saturated carbocycles. The zero-order valence-corrected chi connectivity index (χ0v) is 22.3. The van der Waals surface area contributed by atoms with Gasteiger partial charge in [0.05, 0.1) is 9.82 Å². The zero-order chi connectivity index (χ0) is 27.0. The van der Waals surface area contributed by atoms with Crippen LogP contribution < -0.4 is 0 Å². The third-order valence-corrected chi connectivity index (χ3v) is 9.99. The number of carbonyl (C=O) groups is 2. The number of hydrogen-bond donors (Lipinski definition) is 0. The maximum absolute atomic E-state index is 13.4. The summed E-state index contributed by atoms with van der Waals surface area (Å²) in [4.78, 5) is 34.4. The van der Waals surface area contributed by atoms with Gasteiger partial charge in [-0.25, -0.2) is 8.42 Å². The number of nitro groups is 1. The summed E-state index contributed by atoms with van der Waals surface area (Å²) in [5, 5.41) is 11.0. The van der Waals surface area contributed by atoms with Gasteiger partial charge in [-0.3, -0.25) is 19.7 Å². The fourth-order valence-corrected chi connectivity index (χ4v) is 8.25. The van der Waals surface area contributed by atoms with Gasteiger partial charge in [-0.1, -0.05) is 11.6 Å². The van der Waals surface area contributed by atoms with Crippen LogP contribution in [0, 0.1) is 21.4 Å². The minimum absolute atomic E-state index is 0.0281. The Balaban J connectivity index is 1.60. The van der Waals surface area contributed by atoms with Crippen molar-refractivity contribution < 1.29 is 32.4 Å². The summed E-state index contributed by atoms with van der Waals surface area (Å²) in [7, 11) is -3.83. The summed E-state index contributed by atoms with van der Waals surface area (Å²) in [6.07, 6.45) is 6.05. The van der Waals surface area contributed by atoms with Gasteiger partial charge >= 0.3 is 11.9 Å². The van der Waals surface area contributed by atoms with Crippen LogP contribution in [-0.2, 0) is 29.1 Å². The molecule has 2 fully saturated rings. The Labute approximate surface area is 217 Å². The molecule has 1 saturated heterocycles. The minimum atomic E-state index is -3.83. The van der Waals surface area contributed by atoms with Crippen molar-refractivity contribution in [2.75, 3.05) is 13.1 Å². The number of hydrogen-bond acceptors (Lipinski definition) is 8. The third kappa shape index (κ3) is 5.29. The highest BCUT2D eigenvalue weighted by molar-refractivity contribution is 7.89. The molecule has 2 aliphatic carbocycles. The van der Waals surface area contributed by atoms with E-state index in [9.17, 15) is 28.1 Å². The molecule has 1 aliphatic heterocycles. The van der Waals surface area contributed by atoms with Crippen LogP contribution in [0.2, 0.25) is 0 Å². The number of rotatable bonds is 5. The fourth-order valence-electron chi connectivity index (χ4n) is 6.73. The average Bonchev–Trinajstić information content (AvgIpc) is 3.18. The second-order valence-electron chi connectivity index (χ2n) is 10.6. The molecule has 0 N–H and O–H groups in total. The van der Waals surface area contributed by atoms with Crippen molar-refractivity contribution >= 4 is 27.6 Å². The molecule has 3 aliphatic rings. The lowest BCUT2D eigenvalue weighted by Crippen LogP contribution is -2.55. The largest absolute Gasteiger partial charge is 0.461 e. The molecule has 4 rings (SSSR count). The van der Waals surface area contributed by atoms with E-state index in [2.05, 4.69) is 6.08 Å². The van der Waals surface area contributed by atoms with E-state index in [1.54, 1.807) is 0 Å². The Bertz CT molecular complexity index is 1210. The van der Waals surface area contributed by atoms with Crippen LogP contribution in [0.3, 0.4) is 0 Å². The van der Waals surface area contributed by atoms with Gasteiger partial charge in [0.25, 0.3) is 5.69 Å². The molecule has 0 aromatic heterocycles. The lowest BCUT2D eigenvalue weighted by atomic mass is 9.57. The summed E-state index contributed by atoms with van der Waals surface area (Å²) in [5.74, 6) is -0.644. The number of allylic oxidation sites excluding steroid dienone is 1. The molecule has 11 heteroatoms. The summed E-state index contributed by atoms with van der Waals surface area (Å²) < 4.78 is 39.9. The smallest absolute Gasteiger partial charge is 0.303 e. The number of ether oxygens (including phenoxy) is 2. The van der Waals surface area contributed by atoms with Gasteiger partial charge < -0.3 is 9.47 Å². The van der Waals surface area contributed by atoms with Crippen LogP contribution in [0.15, 0.2) is 40.8 Å². The van der Waals surface area contributed by atoms with Gasteiger partial charge in [-0.2, -0.15) is 4.31 Å². The van der Waals surface area contributed by atoms with Crippen molar-refractivity contribution in [3.05, 3.63) is 46.0 Å². The Morgan fingerprint density at radius 3 is 2.38 bits per heavy atom. The molecule has 10 nitrogen and oxygen atoms in total. The highest BCUT2D eigenvalue weighted by Gasteiger charge is 2.59. The van der Waals surface area contributed by atoms with Crippen LogP contribution in [0.4, 0.5) is 5.69 Å². The number of benzene rings is 1. The second-order valence-corrected chi connectivity index (χ2v) is 12.6. The Morgan fingerprint density at radius 1 is 1.08 bits per heavy atom. The molecule has 202 valence electrons. The average molecular weight is 535 g/mol. The van der Waals surface area contributed by atoms with E-state index in [0.29, 0.717) is 45.1 Å². The maximum atomic E-state index is 13.4. The van der Waals surface area contributed by atoms with Crippen LogP contribution in [-0.4, -0.2) is 54.4 Å².